The molecule has 1 rings (SSSR count). The summed E-state index contributed by atoms with van der Waals surface area (Å²) in [5.41, 5.74) is 0. The van der Waals surface area contributed by atoms with Crippen LogP contribution in [0, 0.1) is 0 Å². The number of rotatable bonds is 6. The van der Waals surface area contributed by atoms with Gasteiger partial charge in [0.25, 0.3) is 0 Å². The van der Waals surface area contributed by atoms with Gasteiger partial charge in [0.2, 0.25) is 5.91 Å². The summed E-state index contributed by atoms with van der Waals surface area (Å²) in [5.74, 6) is 2.22. The highest BCUT2D eigenvalue weighted by atomic mass is 16.2. The van der Waals surface area contributed by atoms with E-state index in [4.69, 9.17) is 0 Å². The fraction of sp³-hybridized carbons (Fsp3) is 0.583. The number of nitrogens with zero attached hydrogens (tertiary/aromatic N) is 3. The number of aryl methyl sites for hydroxylation is 1. The molecule has 0 aromatic carbocycles. The predicted molar refractivity (Wildman–Crippen MR) is 72.8 cm³/mol. The number of carbonyl (C=O) groups excluding carboxylic acids is 1. The number of nitrogens with one attached hydrogen (secondary N) is 2. The van der Waals surface area contributed by atoms with Gasteiger partial charge in [-0.25, -0.2) is 9.97 Å². The lowest BCUT2D eigenvalue weighted by Crippen LogP contribution is -2.29. The Balaban J connectivity index is 2.75. The van der Waals surface area contributed by atoms with E-state index in [2.05, 4.69) is 20.6 Å². The minimum Gasteiger partial charge on any atom is -0.370 e. The van der Waals surface area contributed by atoms with Gasteiger partial charge in [-0.05, 0) is 6.92 Å². The van der Waals surface area contributed by atoms with Gasteiger partial charge in [0, 0.05) is 33.1 Å². The second kappa shape index (κ2) is 6.78. The summed E-state index contributed by atoms with van der Waals surface area (Å²) in [7, 11) is 3.46. The Morgan fingerprint density at radius 3 is 2.33 bits per heavy atom. The Bertz CT molecular complexity index is 405. The number of anilines is 2. The van der Waals surface area contributed by atoms with Crippen molar-refractivity contribution in [2.45, 2.75) is 20.3 Å². The molecule has 0 unspecified atom stereocenters. The van der Waals surface area contributed by atoms with Crippen LogP contribution in [0.4, 0.5) is 11.6 Å². The van der Waals surface area contributed by atoms with Gasteiger partial charge in [0.1, 0.15) is 17.5 Å². The van der Waals surface area contributed by atoms with Crippen molar-refractivity contribution in [2.75, 3.05) is 37.8 Å². The minimum atomic E-state index is 0.0108. The van der Waals surface area contributed by atoms with Crippen molar-refractivity contribution in [3.8, 4) is 0 Å². The number of hydrogen-bond acceptors (Lipinski definition) is 5. The van der Waals surface area contributed by atoms with E-state index in [9.17, 15) is 4.79 Å². The SMILES string of the molecule is CCNc1cc(NCC(=O)N(C)C)nc(CC)n1. The second-order valence-electron chi connectivity index (χ2n) is 4.08. The van der Waals surface area contributed by atoms with Crippen LogP contribution >= 0.6 is 0 Å². The summed E-state index contributed by atoms with van der Waals surface area (Å²) >= 11 is 0. The van der Waals surface area contributed by atoms with Crippen molar-refractivity contribution in [1.82, 2.24) is 14.9 Å². The molecular weight excluding hydrogens is 230 g/mol. The van der Waals surface area contributed by atoms with E-state index in [0.29, 0.717) is 5.82 Å². The standard InChI is InChI=1S/C12H21N5O/c1-5-9-15-10(13-6-2)7-11(16-9)14-8-12(18)17(3)4/h7H,5-6,8H2,1-4H3,(H2,13,14,15,16). The molecule has 100 valence electrons. The van der Waals surface area contributed by atoms with Crippen LogP contribution in [0.5, 0.6) is 0 Å². The average molecular weight is 251 g/mol. The molecule has 0 saturated carbocycles. The van der Waals surface area contributed by atoms with E-state index in [1.54, 1.807) is 19.0 Å². The van der Waals surface area contributed by atoms with E-state index in [0.717, 1.165) is 24.6 Å². The molecule has 1 aromatic heterocycles. The first kappa shape index (κ1) is 14.2. The van der Waals surface area contributed by atoms with Crippen LogP contribution in [0.25, 0.3) is 0 Å². The van der Waals surface area contributed by atoms with Crippen molar-refractivity contribution in [3.63, 3.8) is 0 Å². The summed E-state index contributed by atoms with van der Waals surface area (Å²) < 4.78 is 0. The summed E-state index contributed by atoms with van der Waals surface area (Å²) in [5, 5.41) is 6.16. The van der Waals surface area contributed by atoms with Crippen LogP contribution in [-0.2, 0) is 11.2 Å². The lowest BCUT2D eigenvalue weighted by molar-refractivity contribution is -0.126. The lowest BCUT2D eigenvalue weighted by Gasteiger charge is -2.12. The van der Waals surface area contributed by atoms with Gasteiger partial charge in [-0.3, -0.25) is 4.79 Å². The monoisotopic (exact) mass is 251 g/mol. The highest BCUT2D eigenvalue weighted by Crippen LogP contribution is 2.11. The maximum atomic E-state index is 11.5. The largest absolute Gasteiger partial charge is 0.370 e. The molecule has 0 aliphatic carbocycles. The molecule has 1 aromatic rings. The molecule has 2 N–H and O–H groups in total. The zero-order valence-corrected chi connectivity index (χ0v) is 11.4. The summed E-state index contributed by atoms with van der Waals surface area (Å²) in [6, 6.07) is 1.81. The van der Waals surface area contributed by atoms with E-state index in [-0.39, 0.29) is 12.5 Å². The van der Waals surface area contributed by atoms with Crippen molar-refractivity contribution in [2.24, 2.45) is 0 Å². The molecule has 0 atom stereocenters. The number of amides is 1. The molecule has 18 heavy (non-hydrogen) atoms. The molecule has 1 amide bonds. The summed E-state index contributed by atoms with van der Waals surface area (Å²) in [6.45, 7) is 5.05. The van der Waals surface area contributed by atoms with E-state index < -0.39 is 0 Å². The van der Waals surface area contributed by atoms with Crippen molar-refractivity contribution in [1.29, 1.82) is 0 Å². The van der Waals surface area contributed by atoms with Crippen LogP contribution in [0.2, 0.25) is 0 Å². The van der Waals surface area contributed by atoms with Crippen LogP contribution < -0.4 is 10.6 Å². The number of aromatic nitrogens is 2. The van der Waals surface area contributed by atoms with Crippen molar-refractivity contribution >= 4 is 17.5 Å². The molecule has 0 bridgehead atoms. The predicted octanol–water partition coefficient (Wildman–Crippen LogP) is 0.971. The normalized spacial score (nSPS) is 10.0. The number of likely N-dealkylation sites (N-methyl/N-ethyl adjacent to an activating group) is 1. The number of carbonyl (C=O) groups is 1. The summed E-state index contributed by atoms with van der Waals surface area (Å²) in [4.78, 5) is 21.7. The van der Waals surface area contributed by atoms with Crippen LogP contribution in [0.15, 0.2) is 6.07 Å². The van der Waals surface area contributed by atoms with Crippen molar-refractivity contribution in [3.05, 3.63) is 11.9 Å². The molecule has 0 aliphatic heterocycles. The van der Waals surface area contributed by atoms with E-state index >= 15 is 0 Å². The molecule has 0 aliphatic rings. The fourth-order valence-electron chi connectivity index (χ4n) is 1.34. The van der Waals surface area contributed by atoms with E-state index in [1.165, 1.54) is 0 Å². The lowest BCUT2D eigenvalue weighted by atomic mass is 10.4. The Kier molecular flexibility index (Phi) is 5.35. The third-order valence-electron chi connectivity index (χ3n) is 2.37. The quantitative estimate of drug-likeness (QED) is 0.788. The Hall–Kier alpha value is -1.85. The first-order valence-electron chi connectivity index (χ1n) is 6.12. The molecular formula is C12H21N5O. The average Bonchev–Trinajstić information content (AvgIpc) is 2.35. The second-order valence-corrected chi connectivity index (χ2v) is 4.08. The van der Waals surface area contributed by atoms with Crippen LogP contribution in [0.1, 0.15) is 19.7 Å². The maximum absolute atomic E-state index is 11.5. The maximum Gasteiger partial charge on any atom is 0.241 e. The Morgan fingerprint density at radius 2 is 1.83 bits per heavy atom. The van der Waals surface area contributed by atoms with Crippen LogP contribution in [-0.4, -0.2) is 48.0 Å². The minimum absolute atomic E-state index is 0.0108. The third-order valence-corrected chi connectivity index (χ3v) is 2.37. The molecule has 6 nitrogen and oxygen atoms in total. The molecule has 6 heteroatoms. The van der Waals surface area contributed by atoms with Gasteiger partial charge in [0.05, 0.1) is 6.54 Å². The van der Waals surface area contributed by atoms with Gasteiger partial charge in [0.15, 0.2) is 0 Å². The van der Waals surface area contributed by atoms with E-state index in [1.807, 2.05) is 19.9 Å². The molecule has 1 heterocycles. The first-order chi connectivity index (χ1) is 8.56. The van der Waals surface area contributed by atoms with Crippen molar-refractivity contribution < 1.29 is 4.79 Å². The fourth-order valence-corrected chi connectivity index (χ4v) is 1.34. The number of hydrogen-bond donors (Lipinski definition) is 2. The van der Waals surface area contributed by atoms with Gasteiger partial charge in [-0.1, -0.05) is 6.92 Å². The van der Waals surface area contributed by atoms with Gasteiger partial charge >= 0.3 is 0 Å². The summed E-state index contributed by atoms with van der Waals surface area (Å²) in [6.07, 6.45) is 0.759. The first-order valence-corrected chi connectivity index (χ1v) is 6.12. The highest BCUT2D eigenvalue weighted by Gasteiger charge is 2.06. The zero-order chi connectivity index (χ0) is 13.5. The molecule has 0 fully saturated rings. The third kappa shape index (κ3) is 4.20. The van der Waals surface area contributed by atoms with Crippen LogP contribution in [0.3, 0.4) is 0 Å². The molecule has 0 spiro atoms. The highest BCUT2D eigenvalue weighted by molar-refractivity contribution is 5.80. The Labute approximate surface area is 108 Å². The van der Waals surface area contributed by atoms with Gasteiger partial charge in [-0.15, -0.1) is 0 Å². The molecule has 0 saturated heterocycles. The smallest absolute Gasteiger partial charge is 0.241 e. The zero-order valence-electron chi connectivity index (χ0n) is 11.4. The Morgan fingerprint density at radius 1 is 1.22 bits per heavy atom. The van der Waals surface area contributed by atoms with Gasteiger partial charge < -0.3 is 15.5 Å². The topological polar surface area (TPSA) is 70.2 Å². The molecule has 0 radical (unpaired) electrons. The van der Waals surface area contributed by atoms with Gasteiger partial charge in [-0.2, -0.15) is 0 Å².